The molecule has 0 unspecified atom stereocenters. The molecule has 0 radical (unpaired) electrons. The summed E-state index contributed by atoms with van der Waals surface area (Å²) < 4.78 is 3.11. The van der Waals surface area contributed by atoms with Crippen molar-refractivity contribution in [2.75, 3.05) is 11.1 Å². The first kappa shape index (κ1) is 13.1. The van der Waals surface area contributed by atoms with Crippen molar-refractivity contribution in [3.05, 3.63) is 39.0 Å². The maximum absolute atomic E-state index is 12.1. The molecule has 0 aliphatic carbocycles. The molecule has 3 N–H and O–H groups in total. The predicted octanol–water partition coefficient (Wildman–Crippen LogP) is 2.78. The number of nitrogens with zero attached hydrogens (tertiary/aromatic N) is 2. The van der Waals surface area contributed by atoms with Crippen molar-refractivity contribution in [1.82, 2.24) is 9.78 Å². The summed E-state index contributed by atoms with van der Waals surface area (Å²) in [5.74, 6) is -0.300. The van der Waals surface area contributed by atoms with E-state index in [9.17, 15) is 4.79 Å². The summed E-state index contributed by atoms with van der Waals surface area (Å²) in [6.07, 6.45) is 1.45. The van der Waals surface area contributed by atoms with Crippen molar-refractivity contribution in [3.63, 3.8) is 0 Å². The van der Waals surface area contributed by atoms with Gasteiger partial charge in [-0.15, -0.1) is 0 Å². The first-order valence-electron chi connectivity index (χ1n) is 5.03. The Hall–Kier alpha value is -1.34. The first-order chi connectivity index (χ1) is 8.49. The van der Waals surface area contributed by atoms with E-state index in [1.54, 1.807) is 13.1 Å². The third kappa shape index (κ3) is 2.56. The van der Waals surface area contributed by atoms with E-state index in [1.165, 1.54) is 10.9 Å². The van der Waals surface area contributed by atoms with Crippen molar-refractivity contribution in [3.8, 4) is 0 Å². The lowest BCUT2D eigenvalue weighted by Gasteiger charge is -2.08. The highest BCUT2D eigenvalue weighted by Crippen LogP contribution is 2.27. The van der Waals surface area contributed by atoms with Crippen molar-refractivity contribution in [2.45, 2.75) is 0 Å². The first-order valence-corrected chi connectivity index (χ1v) is 6.61. The monoisotopic (exact) mass is 372 g/mol. The minimum Gasteiger partial charge on any atom is -0.396 e. The number of carbonyl (C=O) groups is 1. The van der Waals surface area contributed by atoms with Gasteiger partial charge >= 0.3 is 0 Å². The standard InChI is InChI=1S/C11H10Br2N4O/c1-17-10(8(14)5-15-17)11(18)16-9-4-6(12)2-3-7(9)13/h2-5H,14H2,1H3,(H,16,18). The molecule has 0 spiro atoms. The van der Waals surface area contributed by atoms with Crippen LogP contribution in [-0.2, 0) is 7.05 Å². The van der Waals surface area contributed by atoms with Crippen molar-refractivity contribution in [2.24, 2.45) is 7.05 Å². The van der Waals surface area contributed by atoms with E-state index in [1.807, 2.05) is 12.1 Å². The van der Waals surface area contributed by atoms with Gasteiger partial charge in [0, 0.05) is 16.0 Å². The van der Waals surface area contributed by atoms with E-state index in [0.717, 1.165) is 8.95 Å². The number of rotatable bonds is 2. The molecule has 1 aromatic heterocycles. The number of aromatic nitrogens is 2. The molecule has 94 valence electrons. The number of carbonyl (C=O) groups excluding carboxylic acids is 1. The zero-order chi connectivity index (χ0) is 13.3. The number of hydrogen-bond donors (Lipinski definition) is 2. The van der Waals surface area contributed by atoms with Crippen LogP contribution in [0.5, 0.6) is 0 Å². The van der Waals surface area contributed by atoms with Gasteiger partial charge in [0.2, 0.25) is 0 Å². The summed E-state index contributed by atoms with van der Waals surface area (Å²) in [7, 11) is 1.67. The Morgan fingerprint density at radius 3 is 2.78 bits per heavy atom. The average molecular weight is 374 g/mol. The lowest BCUT2D eigenvalue weighted by molar-refractivity contribution is 0.101. The van der Waals surface area contributed by atoms with Crippen LogP contribution in [0.2, 0.25) is 0 Å². The smallest absolute Gasteiger partial charge is 0.276 e. The molecule has 0 fully saturated rings. The molecule has 0 saturated heterocycles. The van der Waals surface area contributed by atoms with Crippen LogP contribution in [0.15, 0.2) is 33.3 Å². The number of benzene rings is 1. The molecule has 1 aromatic carbocycles. The average Bonchev–Trinajstić information content (AvgIpc) is 2.63. The van der Waals surface area contributed by atoms with Crippen molar-refractivity contribution >= 4 is 49.1 Å². The third-order valence-electron chi connectivity index (χ3n) is 2.36. The molecule has 2 rings (SSSR count). The number of aryl methyl sites for hydroxylation is 1. The van der Waals surface area contributed by atoms with E-state index in [4.69, 9.17) is 5.73 Å². The minimum absolute atomic E-state index is 0.300. The highest BCUT2D eigenvalue weighted by molar-refractivity contribution is 9.11. The Morgan fingerprint density at radius 1 is 1.44 bits per heavy atom. The number of hydrogen-bond acceptors (Lipinski definition) is 3. The summed E-state index contributed by atoms with van der Waals surface area (Å²) in [6, 6.07) is 5.51. The van der Waals surface area contributed by atoms with Gasteiger partial charge in [-0.3, -0.25) is 9.48 Å². The number of nitrogens with one attached hydrogen (secondary N) is 1. The molecule has 0 bridgehead atoms. The molecular formula is C11H10Br2N4O. The Morgan fingerprint density at radius 2 is 2.17 bits per heavy atom. The lowest BCUT2D eigenvalue weighted by atomic mass is 10.3. The van der Waals surface area contributed by atoms with Gasteiger partial charge < -0.3 is 11.1 Å². The van der Waals surface area contributed by atoms with Crippen LogP contribution < -0.4 is 11.1 Å². The van der Waals surface area contributed by atoms with E-state index >= 15 is 0 Å². The summed E-state index contributed by atoms with van der Waals surface area (Å²) in [6.45, 7) is 0. The van der Waals surface area contributed by atoms with Crippen LogP contribution in [0.4, 0.5) is 11.4 Å². The number of nitrogen functional groups attached to an aromatic ring is 1. The summed E-state index contributed by atoms with van der Waals surface area (Å²) in [5, 5.41) is 6.71. The lowest BCUT2D eigenvalue weighted by Crippen LogP contribution is -2.17. The Balaban J connectivity index is 2.30. The number of halogens is 2. The topological polar surface area (TPSA) is 72.9 Å². The molecular weight excluding hydrogens is 364 g/mol. The fourth-order valence-electron chi connectivity index (χ4n) is 1.51. The zero-order valence-corrected chi connectivity index (χ0v) is 12.6. The van der Waals surface area contributed by atoms with Crippen LogP contribution in [0.3, 0.4) is 0 Å². The summed E-state index contributed by atoms with van der Waals surface area (Å²) >= 11 is 6.72. The predicted molar refractivity (Wildman–Crippen MR) is 77.4 cm³/mol. The van der Waals surface area contributed by atoms with Crippen LogP contribution in [0.1, 0.15) is 10.5 Å². The third-order valence-corrected chi connectivity index (χ3v) is 3.54. The number of nitrogens with two attached hydrogens (primary N) is 1. The van der Waals surface area contributed by atoms with Crippen LogP contribution >= 0.6 is 31.9 Å². The van der Waals surface area contributed by atoms with Crippen molar-refractivity contribution < 1.29 is 4.79 Å². The van der Waals surface area contributed by atoms with E-state index in [-0.39, 0.29) is 5.91 Å². The van der Waals surface area contributed by atoms with Gasteiger partial charge in [0.15, 0.2) is 0 Å². The van der Waals surface area contributed by atoms with Crippen LogP contribution in [-0.4, -0.2) is 15.7 Å². The number of amides is 1. The molecule has 0 atom stereocenters. The molecule has 0 saturated carbocycles. The Kier molecular flexibility index (Phi) is 3.72. The van der Waals surface area contributed by atoms with E-state index in [0.29, 0.717) is 17.1 Å². The second-order valence-corrected chi connectivity index (χ2v) is 5.42. The molecule has 1 amide bonds. The van der Waals surface area contributed by atoms with Gasteiger partial charge in [-0.05, 0) is 34.1 Å². The highest BCUT2D eigenvalue weighted by atomic mass is 79.9. The maximum atomic E-state index is 12.1. The van der Waals surface area contributed by atoms with Gasteiger partial charge in [0.05, 0.1) is 17.6 Å². The van der Waals surface area contributed by atoms with Gasteiger partial charge in [-0.25, -0.2) is 0 Å². The normalized spacial score (nSPS) is 10.4. The fourth-order valence-corrected chi connectivity index (χ4v) is 2.21. The van der Waals surface area contributed by atoms with Gasteiger partial charge in [0.25, 0.3) is 5.91 Å². The van der Waals surface area contributed by atoms with Gasteiger partial charge in [0.1, 0.15) is 5.69 Å². The van der Waals surface area contributed by atoms with Gasteiger partial charge in [-0.1, -0.05) is 15.9 Å². The molecule has 7 heteroatoms. The molecule has 2 aromatic rings. The van der Waals surface area contributed by atoms with E-state index in [2.05, 4.69) is 42.3 Å². The maximum Gasteiger partial charge on any atom is 0.276 e. The Labute approximate surface area is 121 Å². The van der Waals surface area contributed by atoms with Crippen LogP contribution in [0.25, 0.3) is 0 Å². The zero-order valence-electron chi connectivity index (χ0n) is 9.45. The van der Waals surface area contributed by atoms with Crippen molar-refractivity contribution in [1.29, 1.82) is 0 Å². The highest BCUT2D eigenvalue weighted by Gasteiger charge is 2.16. The van der Waals surface area contributed by atoms with Crippen LogP contribution in [0, 0.1) is 0 Å². The fraction of sp³-hybridized carbons (Fsp3) is 0.0909. The largest absolute Gasteiger partial charge is 0.396 e. The molecule has 18 heavy (non-hydrogen) atoms. The molecule has 0 aliphatic rings. The SMILES string of the molecule is Cn1ncc(N)c1C(=O)Nc1cc(Br)ccc1Br. The van der Waals surface area contributed by atoms with Gasteiger partial charge in [-0.2, -0.15) is 5.10 Å². The minimum atomic E-state index is -0.300. The second kappa shape index (κ2) is 5.11. The number of anilines is 2. The molecule has 1 heterocycles. The second-order valence-electron chi connectivity index (χ2n) is 3.65. The molecule has 0 aliphatic heterocycles. The summed E-state index contributed by atoms with van der Waals surface area (Å²) in [4.78, 5) is 12.1. The molecule has 5 nitrogen and oxygen atoms in total. The van der Waals surface area contributed by atoms with E-state index < -0.39 is 0 Å². The Bertz CT molecular complexity index is 590. The summed E-state index contributed by atoms with van der Waals surface area (Å²) in [5.41, 5.74) is 7.04. The quantitative estimate of drug-likeness (QED) is 0.849.